The second-order valence-electron chi connectivity index (χ2n) is 8.48. The summed E-state index contributed by atoms with van der Waals surface area (Å²) in [6.45, 7) is 0. The van der Waals surface area contributed by atoms with Crippen molar-refractivity contribution in [2.45, 2.75) is 49.9 Å². The lowest BCUT2D eigenvalue weighted by Gasteiger charge is -2.30. The zero-order chi connectivity index (χ0) is 23.5. The molecule has 5 nitrogen and oxygen atoms in total. The molecule has 0 radical (unpaired) electrons. The van der Waals surface area contributed by atoms with Gasteiger partial charge in [0.1, 0.15) is 0 Å². The van der Waals surface area contributed by atoms with Crippen LogP contribution in [-0.2, 0) is 16.0 Å². The van der Waals surface area contributed by atoms with E-state index < -0.39 is 23.7 Å². The molecular weight excluding hydrogens is 431 g/mol. The first-order valence-electron chi connectivity index (χ1n) is 10.8. The number of rotatable bonds is 7. The summed E-state index contributed by atoms with van der Waals surface area (Å²) in [4.78, 5) is 28.3. The highest BCUT2D eigenvalue weighted by molar-refractivity contribution is 5.83. The number of nitrogens with zero attached hydrogens (tertiary/aromatic N) is 1. The molecular formula is C25H24F3N3O2. The summed E-state index contributed by atoms with van der Waals surface area (Å²) < 4.78 is 40.6. The SMILES string of the molecule is O=C(CC[C@]1(Cc2ccc3ccccc3c2)CCC(=O)N1)N[C@@H](c1ccccn1)C(F)(F)F. The quantitative estimate of drug-likeness (QED) is 0.546. The smallest absolute Gasteiger partial charge is 0.350 e. The van der Waals surface area contributed by atoms with Crippen LogP contribution < -0.4 is 10.6 Å². The molecule has 0 unspecified atom stereocenters. The molecule has 1 aromatic heterocycles. The first-order chi connectivity index (χ1) is 15.7. The standard InChI is InChI=1S/C25H24F3N3O2/c26-25(27,28)23(20-7-3-4-14-29-20)30-21(32)10-12-24(13-11-22(33)31-24)16-17-8-9-18-5-1-2-6-19(18)15-17/h1-9,14-15,23H,10-13,16H2,(H,30,32)(H,31,33)/t23-,24+/m0/s1. The van der Waals surface area contributed by atoms with E-state index in [1.165, 1.54) is 24.4 Å². The number of carbonyl (C=O) groups excluding carboxylic acids is 2. The number of carbonyl (C=O) groups is 2. The van der Waals surface area contributed by atoms with Gasteiger partial charge in [0.15, 0.2) is 6.04 Å². The summed E-state index contributed by atoms with van der Waals surface area (Å²) in [6, 6.07) is 16.0. The van der Waals surface area contributed by atoms with Crippen molar-refractivity contribution in [2.75, 3.05) is 0 Å². The van der Waals surface area contributed by atoms with Crippen LogP contribution in [0.15, 0.2) is 66.9 Å². The van der Waals surface area contributed by atoms with Crippen molar-refractivity contribution < 1.29 is 22.8 Å². The Kier molecular flexibility index (Phi) is 6.35. The molecule has 2 heterocycles. The van der Waals surface area contributed by atoms with Crippen molar-refractivity contribution in [1.29, 1.82) is 0 Å². The van der Waals surface area contributed by atoms with Crippen molar-refractivity contribution in [2.24, 2.45) is 0 Å². The molecule has 1 fully saturated rings. The maximum Gasteiger partial charge on any atom is 0.414 e. The van der Waals surface area contributed by atoms with E-state index in [9.17, 15) is 22.8 Å². The molecule has 2 atom stereocenters. The Morgan fingerprint density at radius 1 is 1.09 bits per heavy atom. The van der Waals surface area contributed by atoms with Crippen molar-refractivity contribution >= 4 is 22.6 Å². The fraction of sp³-hybridized carbons (Fsp3) is 0.320. The zero-order valence-electron chi connectivity index (χ0n) is 17.9. The van der Waals surface area contributed by atoms with Crippen LogP contribution in [0.5, 0.6) is 0 Å². The van der Waals surface area contributed by atoms with E-state index in [0.29, 0.717) is 19.3 Å². The van der Waals surface area contributed by atoms with Crippen LogP contribution in [-0.4, -0.2) is 28.5 Å². The molecule has 0 saturated carbocycles. The van der Waals surface area contributed by atoms with Gasteiger partial charge in [-0.25, -0.2) is 0 Å². The minimum absolute atomic E-state index is 0.113. The fourth-order valence-corrected chi connectivity index (χ4v) is 4.38. The Morgan fingerprint density at radius 3 is 2.52 bits per heavy atom. The van der Waals surface area contributed by atoms with Gasteiger partial charge in [0.25, 0.3) is 0 Å². The number of alkyl halides is 3. The fourth-order valence-electron chi connectivity index (χ4n) is 4.38. The maximum absolute atomic E-state index is 13.5. The summed E-state index contributed by atoms with van der Waals surface area (Å²) in [7, 11) is 0. The highest BCUT2D eigenvalue weighted by atomic mass is 19.4. The van der Waals surface area contributed by atoms with E-state index in [-0.39, 0.29) is 24.4 Å². The van der Waals surface area contributed by atoms with Crippen LogP contribution in [0.4, 0.5) is 13.2 Å². The van der Waals surface area contributed by atoms with Crippen molar-refractivity contribution in [3.05, 3.63) is 78.1 Å². The molecule has 1 aliphatic rings. The zero-order valence-corrected chi connectivity index (χ0v) is 17.9. The lowest BCUT2D eigenvalue weighted by molar-refractivity contribution is -0.164. The van der Waals surface area contributed by atoms with Gasteiger partial charge in [0, 0.05) is 24.6 Å². The number of nitrogens with one attached hydrogen (secondary N) is 2. The molecule has 0 aliphatic carbocycles. The van der Waals surface area contributed by atoms with Gasteiger partial charge in [-0.05, 0) is 47.7 Å². The maximum atomic E-state index is 13.5. The first kappa shape index (κ1) is 22.8. The number of hydrogen-bond donors (Lipinski definition) is 2. The molecule has 2 N–H and O–H groups in total. The Labute approximate surface area is 189 Å². The number of pyridine rings is 1. The van der Waals surface area contributed by atoms with E-state index in [0.717, 1.165) is 16.3 Å². The summed E-state index contributed by atoms with van der Waals surface area (Å²) in [5, 5.41) is 7.22. The second-order valence-corrected chi connectivity index (χ2v) is 8.48. The number of aromatic nitrogens is 1. The summed E-state index contributed by atoms with van der Waals surface area (Å²) in [6.07, 6.45) is -1.97. The van der Waals surface area contributed by atoms with Crippen molar-refractivity contribution in [1.82, 2.24) is 15.6 Å². The predicted molar refractivity (Wildman–Crippen MR) is 118 cm³/mol. The average molecular weight is 455 g/mol. The number of fused-ring (bicyclic) bond motifs is 1. The molecule has 2 aromatic carbocycles. The van der Waals surface area contributed by atoms with Crippen molar-refractivity contribution in [3.8, 4) is 0 Å². The molecule has 4 rings (SSSR count). The third kappa shape index (κ3) is 5.50. The molecule has 3 aromatic rings. The van der Waals surface area contributed by atoms with Gasteiger partial charge in [-0.2, -0.15) is 13.2 Å². The van der Waals surface area contributed by atoms with Gasteiger partial charge >= 0.3 is 6.18 Å². The molecule has 1 saturated heterocycles. The number of amides is 2. The molecule has 8 heteroatoms. The highest BCUT2D eigenvalue weighted by Crippen LogP contribution is 2.33. The predicted octanol–water partition coefficient (Wildman–Crippen LogP) is 4.63. The van der Waals surface area contributed by atoms with Gasteiger partial charge in [0.2, 0.25) is 11.8 Å². The van der Waals surface area contributed by atoms with E-state index in [4.69, 9.17) is 0 Å². The van der Waals surface area contributed by atoms with E-state index in [1.807, 2.05) is 42.5 Å². The third-order valence-corrected chi connectivity index (χ3v) is 6.04. The molecule has 172 valence electrons. The van der Waals surface area contributed by atoms with E-state index in [1.54, 1.807) is 0 Å². The largest absolute Gasteiger partial charge is 0.414 e. The Balaban J connectivity index is 1.47. The molecule has 33 heavy (non-hydrogen) atoms. The topological polar surface area (TPSA) is 71.1 Å². The monoisotopic (exact) mass is 455 g/mol. The van der Waals surface area contributed by atoms with E-state index in [2.05, 4.69) is 15.6 Å². The van der Waals surface area contributed by atoms with Crippen LogP contribution in [0.1, 0.15) is 43.0 Å². The number of halogens is 3. The van der Waals surface area contributed by atoms with Crippen molar-refractivity contribution in [3.63, 3.8) is 0 Å². The average Bonchev–Trinajstić information content (AvgIpc) is 3.16. The van der Waals surface area contributed by atoms with Gasteiger partial charge in [-0.1, -0.05) is 48.5 Å². The van der Waals surface area contributed by atoms with Crippen LogP contribution >= 0.6 is 0 Å². The minimum Gasteiger partial charge on any atom is -0.350 e. The number of hydrogen-bond acceptors (Lipinski definition) is 3. The lowest BCUT2D eigenvalue weighted by Crippen LogP contribution is -2.45. The van der Waals surface area contributed by atoms with Crippen LogP contribution in [0.25, 0.3) is 10.8 Å². The third-order valence-electron chi connectivity index (χ3n) is 6.04. The normalized spacial score (nSPS) is 19.3. The van der Waals surface area contributed by atoms with Crippen LogP contribution in [0.2, 0.25) is 0 Å². The van der Waals surface area contributed by atoms with Gasteiger partial charge in [-0.3, -0.25) is 14.6 Å². The molecule has 0 bridgehead atoms. The number of benzene rings is 2. The van der Waals surface area contributed by atoms with Gasteiger partial charge in [0.05, 0.1) is 5.69 Å². The lowest BCUT2D eigenvalue weighted by atomic mass is 9.84. The van der Waals surface area contributed by atoms with Gasteiger partial charge < -0.3 is 10.6 Å². The van der Waals surface area contributed by atoms with Crippen LogP contribution in [0, 0.1) is 0 Å². The highest BCUT2D eigenvalue weighted by Gasteiger charge is 2.43. The van der Waals surface area contributed by atoms with Crippen LogP contribution in [0.3, 0.4) is 0 Å². The molecule has 2 amide bonds. The Bertz CT molecular complexity index is 1150. The Morgan fingerprint density at radius 2 is 1.85 bits per heavy atom. The summed E-state index contributed by atoms with van der Waals surface area (Å²) in [5.74, 6) is -0.847. The first-order valence-corrected chi connectivity index (χ1v) is 10.8. The van der Waals surface area contributed by atoms with E-state index >= 15 is 0 Å². The minimum atomic E-state index is -4.67. The molecule has 0 spiro atoms. The second kappa shape index (κ2) is 9.21. The van der Waals surface area contributed by atoms with Gasteiger partial charge in [-0.15, -0.1) is 0 Å². The molecule has 1 aliphatic heterocycles. The Hall–Kier alpha value is -3.42. The summed E-state index contributed by atoms with van der Waals surface area (Å²) >= 11 is 0. The summed E-state index contributed by atoms with van der Waals surface area (Å²) in [5.41, 5.74) is 0.0617.